The van der Waals surface area contributed by atoms with Crippen molar-refractivity contribution in [1.82, 2.24) is 0 Å². The van der Waals surface area contributed by atoms with Gasteiger partial charge in [0.05, 0.1) is 16.1 Å². The Hall–Kier alpha value is 0.321. The van der Waals surface area contributed by atoms with Crippen LogP contribution in [0.4, 0.5) is 0 Å². The molecule has 0 N–H and O–H groups in total. The lowest BCUT2D eigenvalue weighted by molar-refractivity contribution is -0.119. The van der Waals surface area contributed by atoms with Crippen LogP contribution in [0.15, 0.2) is 0 Å². The van der Waals surface area contributed by atoms with Gasteiger partial charge in [0.1, 0.15) is 5.78 Å². The second-order valence-electron chi connectivity index (χ2n) is 9.86. The van der Waals surface area contributed by atoms with Crippen molar-refractivity contribution in [3.05, 3.63) is 0 Å². The summed E-state index contributed by atoms with van der Waals surface area (Å²) in [5, 5.41) is 0. The van der Waals surface area contributed by atoms with E-state index in [1.54, 1.807) is 0 Å². The SMILES string of the molecule is CC(C(=O)C(CCC[Si](C)(C)C)[Si](C)(C)C)[Si](C)(C)C. The second kappa shape index (κ2) is 7.05. The van der Waals surface area contributed by atoms with Crippen molar-refractivity contribution >= 4 is 30.0 Å². The number of rotatable bonds is 8. The summed E-state index contributed by atoms with van der Waals surface area (Å²) in [6.45, 7) is 23.6. The first-order valence-corrected chi connectivity index (χ1v) is 19.1. The highest BCUT2D eigenvalue weighted by atomic mass is 28.3. The molecule has 0 radical (unpaired) electrons. The standard InChI is InChI=1S/C16H38OSi3/c1-14(19(5,6)7)16(17)15(20(8,9)10)12-11-13-18(2,3)4/h14-15H,11-13H2,1-10H3. The van der Waals surface area contributed by atoms with Crippen molar-refractivity contribution in [3.63, 3.8) is 0 Å². The van der Waals surface area contributed by atoms with Crippen molar-refractivity contribution < 1.29 is 4.79 Å². The van der Waals surface area contributed by atoms with Gasteiger partial charge in [0.2, 0.25) is 0 Å². The molecule has 0 fully saturated rings. The Kier molecular flexibility index (Phi) is 7.17. The minimum Gasteiger partial charge on any atom is -0.300 e. The first-order valence-electron chi connectivity index (χ1n) is 8.20. The first kappa shape index (κ1) is 20.3. The third-order valence-electron chi connectivity index (χ3n) is 4.53. The molecular weight excluding hydrogens is 292 g/mol. The number of hydrogen-bond donors (Lipinski definition) is 0. The molecule has 2 unspecified atom stereocenters. The zero-order valence-corrected chi connectivity index (χ0v) is 18.7. The molecule has 1 nitrogen and oxygen atoms in total. The van der Waals surface area contributed by atoms with Gasteiger partial charge in [-0.3, -0.25) is 4.79 Å². The molecule has 0 saturated carbocycles. The summed E-state index contributed by atoms with van der Waals surface area (Å²) in [4.78, 5) is 13.0. The van der Waals surface area contributed by atoms with Crippen molar-refractivity contribution in [2.24, 2.45) is 0 Å². The molecule has 0 heterocycles. The van der Waals surface area contributed by atoms with E-state index in [9.17, 15) is 4.79 Å². The van der Waals surface area contributed by atoms with Gasteiger partial charge in [-0.05, 0) is 6.42 Å². The molecule has 0 aliphatic heterocycles. The monoisotopic (exact) mass is 330 g/mol. The van der Waals surface area contributed by atoms with E-state index in [1.165, 1.54) is 12.5 Å². The molecule has 0 rings (SSSR count). The van der Waals surface area contributed by atoms with Crippen LogP contribution in [0.3, 0.4) is 0 Å². The summed E-state index contributed by atoms with van der Waals surface area (Å²) >= 11 is 0. The number of carbonyl (C=O) groups excluding carboxylic acids is 1. The zero-order chi connectivity index (χ0) is 16.4. The van der Waals surface area contributed by atoms with Gasteiger partial charge in [-0.2, -0.15) is 0 Å². The topological polar surface area (TPSA) is 17.1 Å². The van der Waals surface area contributed by atoms with Crippen LogP contribution in [0.5, 0.6) is 0 Å². The largest absolute Gasteiger partial charge is 0.300 e. The number of carbonyl (C=O) groups is 1. The van der Waals surface area contributed by atoms with Gasteiger partial charge in [-0.15, -0.1) is 0 Å². The van der Waals surface area contributed by atoms with E-state index in [0.717, 1.165) is 6.42 Å². The predicted octanol–water partition coefficient (Wildman–Crippen LogP) is 6.11. The maximum Gasteiger partial charge on any atom is 0.133 e. The van der Waals surface area contributed by atoms with Crippen molar-refractivity contribution in [3.8, 4) is 0 Å². The number of ketones is 1. The maximum atomic E-state index is 13.0. The molecule has 0 spiro atoms. The Balaban J connectivity index is 4.88. The van der Waals surface area contributed by atoms with E-state index < -0.39 is 24.2 Å². The molecule has 4 heteroatoms. The summed E-state index contributed by atoms with van der Waals surface area (Å²) in [5.41, 5.74) is 0.687. The van der Waals surface area contributed by atoms with E-state index in [-0.39, 0.29) is 0 Å². The van der Waals surface area contributed by atoms with Gasteiger partial charge < -0.3 is 0 Å². The van der Waals surface area contributed by atoms with E-state index in [4.69, 9.17) is 0 Å². The van der Waals surface area contributed by atoms with E-state index in [1.807, 2.05) is 0 Å². The lowest BCUT2D eigenvalue weighted by Gasteiger charge is -2.34. The number of Topliss-reactive ketones (excluding diaryl/α,β-unsaturated/α-hetero) is 1. The number of hydrogen-bond acceptors (Lipinski definition) is 1. The van der Waals surface area contributed by atoms with Gasteiger partial charge in [-0.1, -0.05) is 78.3 Å². The van der Waals surface area contributed by atoms with Crippen LogP contribution in [0.1, 0.15) is 19.8 Å². The third-order valence-corrected chi connectivity index (χ3v) is 11.9. The van der Waals surface area contributed by atoms with Crippen LogP contribution in [0.2, 0.25) is 76.0 Å². The lowest BCUT2D eigenvalue weighted by atomic mass is 10.1. The minimum atomic E-state index is -1.40. The second-order valence-corrected chi connectivity index (χ2v) is 26.5. The fraction of sp³-hybridized carbons (Fsp3) is 0.938. The molecule has 0 aliphatic rings. The highest BCUT2D eigenvalue weighted by Gasteiger charge is 2.39. The van der Waals surface area contributed by atoms with E-state index >= 15 is 0 Å². The van der Waals surface area contributed by atoms with Gasteiger partial charge in [-0.25, -0.2) is 0 Å². The predicted molar refractivity (Wildman–Crippen MR) is 102 cm³/mol. The molecule has 0 bridgehead atoms. The van der Waals surface area contributed by atoms with Crippen LogP contribution in [0.25, 0.3) is 0 Å². The van der Waals surface area contributed by atoms with Crippen LogP contribution >= 0.6 is 0 Å². The molecule has 0 amide bonds. The lowest BCUT2D eigenvalue weighted by Crippen LogP contribution is -2.41. The van der Waals surface area contributed by atoms with E-state index in [0.29, 0.717) is 16.9 Å². The maximum absolute atomic E-state index is 13.0. The van der Waals surface area contributed by atoms with E-state index in [2.05, 4.69) is 65.8 Å². The average Bonchev–Trinajstić information content (AvgIpc) is 2.17. The zero-order valence-electron chi connectivity index (χ0n) is 15.7. The third kappa shape index (κ3) is 7.36. The Morgan fingerprint density at radius 2 is 1.30 bits per heavy atom. The molecule has 0 aliphatic carbocycles. The van der Waals surface area contributed by atoms with Crippen molar-refractivity contribution in [2.75, 3.05) is 0 Å². The molecule has 0 aromatic carbocycles. The Morgan fingerprint density at radius 1 is 0.850 bits per heavy atom. The summed E-state index contributed by atoms with van der Waals surface area (Å²) < 4.78 is 0. The summed E-state index contributed by atoms with van der Waals surface area (Å²) in [5.74, 6) is 0.596. The highest BCUT2D eigenvalue weighted by molar-refractivity contribution is 6.84. The Labute approximate surface area is 131 Å². The fourth-order valence-electron chi connectivity index (χ4n) is 2.57. The quantitative estimate of drug-likeness (QED) is 0.491. The Morgan fingerprint density at radius 3 is 1.60 bits per heavy atom. The molecule has 20 heavy (non-hydrogen) atoms. The smallest absolute Gasteiger partial charge is 0.133 e. The Bertz CT molecular complexity index is 318. The van der Waals surface area contributed by atoms with Crippen LogP contribution in [0, 0.1) is 0 Å². The van der Waals surface area contributed by atoms with Gasteiger partial charge in [0, 0.05) is 19.2 Å². The molecule has 120 valence electrons. The van der Waals surface area contributed by atoms with Crippen molar-refractivity contribution in [1.29, 1.82) is 0 Å². The van der Waals surface area contributed by atoms with Gasteiger partial charge >= 0.3 is 0 Å². The van der Waals surface area contributed by atoms with Crippen LogP contribution in [-0.4, -0.2) is 30.0 Å². The molecule has 0 aromatic heterocycles. The van der Waals surface area contributed by atoms with Gasteiger partial charge in [0.15, 0.2) is 0 Å². The van der Waals surface area contributed by atoms with Crippen molar-refractivity contribution in [2.45, 2.75) is 95.8 Å². The fourth-order valence-corrected chi connectivity index (χ4v) is 7.23. The first-order chi connectivity index (χ1) is 8.66. The normalized spacial score (nSPS) is 16.9. The molecule has 0 saturated heterocycles. The average molecular weight is 331 g/mol. The molecule has 0 aromatic rings. The molecule has 2 atom stereocenters. The summed E-state index contributed by atoms with van der Waals surface area (Å²) in [6.07, 6.45) is 2.41. The molecular formula is C16H38OSi3. The van der Waals surface area contributed by atoms with Gasteiger partial charge in [0.25, 0.3) is 0 Å². The van der Waals surface area contributed by atoms with Crippen LogP contribution in [-0.2, 0) is 4.79 Å². The van der Waals surface area contributed by atoms with Crippen LogP contribution < -0.4 is 0 Å². The highest BCUT2D eigenvalue weighted by Crippen LogP contribution is 2.36. The summed E-state index contributed by atoms with van der Waals surface area (Å²) in [6, 6.07) is 1.36. The minimum absolute atomic E-state index is 0.311. The summed E-state index contributed by atoms with van der Waals surface area (Å²) in [7, 11) is -3.73.